The van der Waals surface area contributed by atoms with Gasteiger partial charge in [-0.05, 0) is 87.5 Å². The first-order valence-corrected chi connectivity index (χ1v) is 14.2. The van der Waals surface area contributed by atoms with Gasteiger partial charge in [0.1, 0.15) is 0 Å². The quantitative estimate of drug-likeness (QED) is 0.244. The van der Waals surface area contributed by atoms with Crippen LogP contribution in [0.1, 0.15) is 86.0 Å². The zero-order valence-corrected chi connectivity index (χ0v) is 25.4. The Morgan fingerprint density at radius 1 is 1.17 bits per heavy atom. The molecule has 0 aromatic carbocycles. The van der Waals surface area contributed by atoms with E-state index in [1.165, 1.54) is 31.3 Å². The van der Waals surface area contributed by atoms with Gasteiger partial charge in [0.05, 0.1) is 11.7 Å². The summed E-state index contributed by atoms with van der Waals surface area (Å²) in [6, 6.07) is 0. The summed E-state index contributed by atoms with van der Waals surface area (Å²) in [6.07, 6.45) is 15.7. The first-order valence-electron chi connectivity index (χ1n) is 12.8. The zero-order valence-electron chi connectivity index (χ0n) is 22.5. The van der Waals surface area contributed by atoms with Crippen LogP contribution >= 0.6 is 0 Å². The van der Waals surface area contributed by atoms with Gasteiger partial charge in [0.15, 0.2) is 0 Å². The number of rotatable bonds is 7. The third-order valence-electron chi connectivity index (χ3n) is 8.91. The van der Waals surface area contributed by atoms with Crippen molar-refractivity contribution >= 4 is 10.4 Å². The molecule has 0 saturated heterocycles. The summed E-state index contributed by atoms with van der Waals surface area (Å²) >= 11 is 0. The molecule has 3 aliphatic rings. The maximum absolute atomic E-state index is 11.0. The summed E-state index contributed by atoms with van der Waals surface area (Å²) in [5, 5.41) is 10.3. The topological polar surface area (TPSA) is 86.7 Å². The van der Waals surface area contributed by atoms with Gasteiger partial charge in [-0.15, -0.1) is 0 Å². The van der Waals surface area contributed by atoms with E-state index in [2.05, 4.69) is 51.7 Å². The number of aliphatic hydroxyl groups is 1. The maximum Gasteiger partial charge on any atom is 1.00 e. The third-order valence-corrected chi connectivity index (χ3v) is 9.42. The zero-order chi connectivity index (χ0) is 25.3. The molecule has 0 radical (unpaired) electrons. The summed E-state index contributed by atoms with van der Waals surface area (Å²) in [4.78, 5) is 0. The number of allylic oxidation sites excluding steroid dienone is 5. The smallest absolute Gasteiger partial charge is 0.726 e. The summed E-state index contributed by atoms with van der Waals surface area (Å²) < 4.78 is 37.8. The minimum absolute atomic E-state index is 0. The summed E-state index contributed by atoms with van der Waals surface area (Å²) in [5.41, 5.74) is 3.03. The van der Waals surface area contributed by atoms with E-state index < -0.39 is 22.1 Å². The van der Waals surface area contributed by atoms with Crippen LogP contribution in [0.5, 0.6) is 0 Å². The van der Waals surface area contributed by atoms with Gasteiger partial charge in [-0.25, -0.2) is 8.42 Å². The largest absolute Gasteiger partial charge is 1.00 e. The van der Waals surface area contributed by atoms with Crippen LogP contribution in [0.15, 0.2) is 47.6 Å². The average molecular weight is 515 g/mol. The molecule has 7 heteroatoms. The Morgan fingerprint density at radius 3 is 2.49 bits per heavy atom. The molecule has 0 aliphatic heterocycles. The molecule has 0 aromatic heterocycles. The van der Waals surface area contributed by atoms with E-state index in [-0.39, 0.29) is 40.9 Å². The van der Waals surface area contributed by atoms with Gasteiger partial charge >= 0.3 is 29.6 Å². The Hall–Kier alpha value is -0.210. The van der Waals surface area contributed by atoms with E-state index in [0.717, 1.165) is 17.6 Å². The molecule has 5 nitrogen and oxygen atoms in total. The molecule has 0 aromatic rings. The normalized spacial score (nSPS) is 34.1. The summed E-state index contributed by atoms with van der Waals surface area (Å²) in [6.45, 7) is 14.7. The second-order valence-electron chi connectivity index (χ2n) is 11.7. The van der Waals surface area contributed by atoms with Crippen LogP contribution in [-0.4, -0.2) is 29.8 Å². The molecule has 1 N–H and O–H groups in total. The average Bonchev–Trinajstić information content (AvgIpc) is 3.08. The van der Waals surface area contributed by atoms with E-state index >= 15 is 0 Å². The van der Waals surface area contributed by atoms with Crippen molar-refractivity contribution in [2.75, 3.05) is 0 Å². The van der Waals surface area contributed by atoms with Crippen molar-refractivity contribution in [2.24, 2.45) is 29.1 Å². The minimum Gasteiger partial charge on any atom is -0.726 e. The second kappa shape index (κ2) is 12.1. The van der Waals surface area contributed by atoms with E-state index in [9.17, 15) is 18.1 Å². The Morgan fingerprint density at radius 2 is 1.86 bits per heavy atom. The molecular formula is C28H43NaO5S. The standard InChI is InChI=1S/C28H44O5S.Na/c1-19-10-14-24(33-34(30,31)32)18-23(19)13-12-22-8-7-17-28(6)25(15-16-26(22)28)20(2)9-11-21(3)27(4,5)29;/h9,11-13,20-21,24-26,29H,1,7-8,10,14-18H2,2-6H3,(H,30,31,32);/q;+1/p-1/b11-9+,22-12+,23-13-;/t20-,21+,24+,25-,26+,28-;/m1./s1. The molecule has 3 fully saturated rings. The predicted molar refractivity (Wildman–Crippen MR) is 136 cm³/mol. The minimum atomic E-state index is -4.69. The number of hydrogen-bond donors (Lipinski definition) is 1. The van der Waals surface area contributed by atoms with Crippen LogP contribution in [0, 0.1) is 29.1 Å². The van der Waals surface area contributed by atoms with Gasteiger partial charge in [0.25, 0.3) is 0 Å². The van der Waals surface area contributed by atoms with E-state index in [1.54, 1.807) is 0 Å². The van der Waals surface area contributed by atoms with E-state index in [0.29, 0.717) is 37.0 Å². The molecule has 0 unspecified atom stereocenters. The Bertz CT molecular complexity index is 958. The van der Waals surface area contributed by atoms with Crippen molar-refractivity contribution < 1.29 is 51.8 Å². The van der Waals surface area contributed by atoms with Crippen molar-refractivity contribution in [3.05, 3.63) is 47.6 Å². The van der Waals surface area contributed by atoms with Gasteiger partial charge < -0.3 is 9.66 Å². The molecule has 0 spiro atoms. The van der Waals surface area contributed by atoms with Crippen molar-refractivity contribution in [1.29, 1.82) is 0 Å². The monoisotopic (exact) mass is 514 g/mol. The van der Waals surface area contributed by atoms with Crippen LogP contribution in [0.3, 0.4) is 0 Å². The molecule has 192 valence electrons. The second-order valence-corrected chi connectivity index (χ2v) is 12.7. The Labute approximate surface area is 235 Å². The molecule has 6 atom stereocenters. The predicted octanol–water partition coefficient (Wildman–Crippen LogP) is 3.24. The third kappa shape index (κ3) is 7.89. The van der Waals surface area contributed by atoms with E-state index in [4.69, 9.17) is 4.18 Å². The van der Waals surface area contributed by atoms with Crippen LogP contribution in [0.2, 0.25) is 0 Å². The fourth-order valence-corrected chi connectivity index (χ4v) is 6.98. The molecule has 0 bridgehead atoms. The molecule has 3 saturated carbocycles. The molecule has 3 aliphatic carbocycles. The van der Waals surface area contributed by atoms with Crippen molar-refractivity contribution in [3.63, 3.8) is 0 Å². The van der Waals surface area contributed by atoms with Crippen LogP contribution < -0.4 is 29.6 Å². The molecule has 0 heterocycles. The van der Waals surface area contributed by atoms with Crippen molar-refractivity contribution in [1.82, 2.24) is 0 Å². The van der Waals surface area contributed by atoms with Crippen molar-refractivity contribution in [2.45, 2.75) is 97.7 Å². The Balaban J connectivity index is 0.00000432. The molecule has 35 heavy (non-hydrogen) atoms. The van der Waals surface area contributed by atoms with Gasteiger partial charge in [0, 0.05) is 12.3 Å². The van der Waals surface area contributed by atoms with Gasteiger partial charge in [-0.1, -0.05) is 62.8 Å². The van der Waals surface area contributed by atoms with Crippen LogP contribution in [0.25, 0.3) is 0 Å². The van der Waals surface area contributed by atoms with Crippen LogP contribution in [0.4, 0.5) is 0 Å². The number of hydrogen-bond acceptors (Lipinski definition) is 5. The van der Waals surface area contributed by atoms with Gasteiger partial charge in [0.2, 0.25) is 10.4 Å². The maximum atomic E-state index is 11.0. The van der Waals surface area contributed by atoms with E-state index in [1.807, 2.05) is 13.8 Å². The SMILES string of the molecule is C=C1CC[C@H](OS(=O)(=O)[O-])C/C1=C/C=C1\CCC[C@]2(C)[C@@H]([C@H](C)/C=C/[C@H](C)C(C)(C)O)CC[C@@H]12.[Na+]. The van der Waals surface area contributed by atoms with Gasteiger partial charge in [-0.3, -0.25) is 4.18 Å². The van der Waals surface area contributed by atoms with Gasteiger partial charge in [-0.2, -0.15) is 0 Å². The summed E-state index contributed by atoms with van der Waals surface area (Å²) in [5.74, 6) is 1.74. The fourth-order valence-electron chi connectivity index (χ4n) is 6.48. The fraction of sp³-hybridized carbons (Fsp3) is 0.714. The first kappa shape index (κ1) is 31.0. The number of fused-ring (bicyclic) bond motifs is 1. The van der Waals surface area contributed by atoms with Crippen LogP contribution in [-0.2, 0) is 14.6 Å². The first-order chi connectivity index (χ1) is 15.7. The molecule has 0 amide bonds. The summed E-state index contributed by atoms with van der Waals surface area (Å²) in [7, 11) is -4.69. The van der Waals surface area contributed by atoms with Crippen molar-refractivity contribution in [3.8, 4) is 0 Å². The Kier molecular flexibility index (Phi) is 10.7. The molecular weight excluding hydrogens is 471 g/mol. The molecule has 3 rings (SSSR count).